The number of ether oxygens (including phenoxy) is 2. The maximum absolute atomic E-state index is 5.91. The monoisotopic (exact) mass is 207 g/mol. The first-order valence-corrected chi connectivity index (χ1v) is 5.33. The molecule has 3 heteroatoms. The van der Waals surface area contributed by atoms with Crippen molar-refractivity contribution in [3.05, 3.63) is 23.8 Å². The lowest BCUT2D eigenvalue weighted by molar-refractivity contribution is 0.167. The third-order valence-corrected chi connectivity index (χ3v) is 2.78. The zero-order chi connectivity index (χ0) is 10.7. The van der Waals surface area contributed by atoms with Gasteiger partial charge in [-0.05, 0) is 25.0 Å². The van der Waals surface area contributed by atoms with Crippen molar-refractivity contribution in [2.75, 3.05) is 25.6 Å². The Hall–Kier alpha value is -1.22. The fraction of sp³-hybridized carbons (Fsp3) is 0.500. The molecule has 1 saturated heterocycles. The summed E-state index contributed by atoms with van der Waals surface area (Å²) < 4.78 is 11.0. The molecule has 3 nitrogen and oxygen atoms in total. The van der Waals surface area contributed by atoms with Crippen LogP contribution in [0.1, 0.15) is 12.0 Å². The number of nitrogen functional groups attached to an aromatic ring is 1. The SMILES string of the molecule is Cc1cccc(OCC2CCOC2)c1N. The average Bonchev–Trinajstić information content (AvgIpc) is 2.73. The number of rotatable bonds is 3. The Morgan fingerprint density at radius 3 is 3.13 bits per heavy atom. The summed E-state index contributed by atoms with van der Waals surface area (Å²) in [6.45, 7) is 4.36. The van der Waals surface area contributed by atoms with E-state index < -0.39 is 0 Å². The quantitative estimate of drug-likeness (QED) is 0.771. The van der Waals surface area contributed by atoms with Crippen LogP contribution in [0.4, 0.5) is 5.69 Å². The molecule has 1 aromatic rings. The van der Waals surface area contributed by atoms with Gasteiger partial charge >= 0.3 is 0 Å². The molecule has 0 bridgehead atoms. The highest BCUT2D eigenvalue weighted by Gasteiger charge is 2.16. The summed E-state index contributed by atoms with van der Waals surface area (Å²) in [5, 5.41) is 0. The molecule has 2 rings (SSSR count). The number of para-hydroxylation sites is 1. The molecule has 0 spiro atoms. The summed E-state index contributed by atoms with van der Waals surface area (Å²) >= 11 is 0. The topological polar surface area (TPSA) is 44.5 Å². The van der Waals surface area contributed by atoms with E-state index in [1.807, 2.05) is 25.1 Å². The lowest BCUT2D eigenvalue weighted by Crippen LogP contribution is -2.12. The molecule has 1 atom stereocenters. The van der Waals surface area contributed by atoms with Gasteiger partial charge in [0.25, 0.3) is 0 Å². The number of aryl methyl sites for hydroxylation is 1. The zero-order valence-electron chi connectivity index (χ0n) is 9.03. The summed E-state index contributed by atoms with van der Waals surface area (Å²) in [7, 11) is 0. The molecule has 82 valence electrons. The van der Waals surface area contributed by atoms with Crippen molar-refractivity contribution in [2.45, 2.75) is 13.3 Å². The van der Waals surface area contributed by atoms with E-state index >= 15 is 0 Å². The molecule has 0 saturated carbocycles. The molecule has 0 radical (unpaired) electrons. The molecule has 0 amide bonds. The molecule has 1 aliphatic rings. The molecule has 1 heterocycles. The summed E-state index contributed by atoms with van der Waals surface area (Å²) in [4.78, 5) is 0. The Labute approximate surface area is 90.2 Å². The van der Waals surface area contributed by atoms with Gasteiger partial charge in [0.15, 0.2) is 0 Å². The zero-order valence-corrected chi connectivity index (χ0v) is 9.03. The lowest BCUT2D eigenvalue weighted by Gasteiger charge is -2.13. The van der Waals surface area contributed by atoms with Crippen molar-refractivity contribution < 1.29 is 9.47 Å². The second-order valence-electron chi connectivity index (χ2n) is 4.03. The van der Waals surface area contributed by atoms with Gasteiger partial charge in [0.2, 0.25) is 0 Å². The van der Waals surface area contributed by atoms with Gasteiger partial charge in [0.05, 0.1) is 18.9 Å². The van der Waals surface area contributed by atoms with Crippen LogP contribution < -0.4 is 10.5 Å². The second kappa shape index (κ2) is 4.53. The lowest BCUT2D eigenvalue weighted by atomic mass is 10.1. The first-order chi connectivity index (χ1) is 7.27. The third kappa shape index (κ3) is 2.42. The van der Waals surface area contributed by atoms with E-state index in [2.05, 4.69) is 0 Å². The largest absolute Gasteiger partial charge is 0.491 e. The minimum Gasteiger partial charge on any atom is -0.491 e. The maximum Gasteiger partial charge on any atom is 0.142 e. The molecule has 1 aliphatic heterocycles. The fourth-order valence-corrected chi connectivity index (χ4v) is 1.70. The summed E-state index contributed by atoms with van der Waals surface area (Å²) in [6, 6.07) is 5.87. The molecular formula is C12H17NO2. The van der Waals surface area contributed by atoms with E-state index in [1.165, 1.54) is 0 Å². The van der Waals surface area contributed by atoms with Crippen molar-refractivity contribution in [3.63, 3.8) is 0 Å². The number of benzene rings is 1. The smallest absolute Gasteiger partial charge is 0.142 e. The van der Waals surface area contributed by atoms with Crippen LogP contribution in [0.2, 0.25) is 0 Å². The Morgan fingerprint density at radius 1 is 1.53 bits per heavy atom. The normalized spacial score (nSPS) is 20.5. The van der Waals surface area contributed by atoms with E-state index in [-0.39, 0.29) is 0 Å². The Balaban J connectivity index is 1.95. The summed E-state index contributed by atoms with van der Waals surface area (Å²) in [5.74, 6) is 1.31. The van der Waals surface area contributed by atoms with E-state index in [1.54, 1.807) is 0 Å². The van der Waals surface area contributed by atoms with Crippen LogP contribution >= 0.6 is 0 Å². The van der Waals surface area contributed by atoms with E-state index in [9.17, 15) is 0 Å². The molecule has 1 unspecified atom stereocenters. The summed E-state index contributed by atoms with van der Waals surface area (Å²) in [6.07, 6.45) is 1.09. The van der Waals surface area contributed by atoms with Crippen molar-refractivity contribution in [1.29, 1.82) is 0 Å². The number of hydrogen-bond donors (Lipinski definition) is 1. The van der Waals surface area contributed by atoms with Crippen LogP contribution in [-0.4, -0.2) is 19.8 Å². The van der Waals surface area contributed by atoms with Crippen LogP contribution in [-0.2, 0) is 4.74 Å². The van der Waals surface area contributed by atoms with Gasteiger partial charge in [-0.2, -0.15) is 0 Å². The minimum absolute atomic E-state index is 0.518. The highest BCUT2D eigenvalue weighted by Crippen LogP contribution is 2.25. The molecule has 1 aromatic carbocycles. The third-order valence-electron chi connectivity index (χ3n) is 2.78. The average molecular weight is 207 g/mol. The Morgan fingerprint density at radius 2 is 2.40 bits per heavy atom. The van der Waals surface area contributed by atoms with Crippen LogP contribution in [0.5, 0.6) is 5.75 Å². The maximum atomic E-state index is 5.91. The Bertz CT molecular complexity index is 332. The minimum atomic E-state index is 0.518. The van der Waals surface area contributed by atoms with Crippen molar-refractivity contribution in [2.24, 2.45) is 5.92 Å². The Kier molecular flexibility index (Phi) is 3.11. The van der Waals surface area contributed by atoms with E-state index in [4.69, 9.17) is 15.2 Å². The second-order valence-corrected chi connectivity index (χ2v) is 4.03. The highest BCUT2D eigenvalue weighted by atomic mass is 16.5. The van der Waals surface area contributed by atoms with Crippen LogP contribution in [0.15, 0.2) is 18.2 Å². The predicted octanol–water partition coefficient (Wildman–Crippen LogP) is 1.99. The number of hydrogen-bond acceptors (Lipinski definition) is 3. The van der Waals surface area contributed by atoms with Gasteiger partial charge in [-0.25, -0.2) is 0 Å². The van der Waals surface area contributed by atoms with Gasteiger partial charge < -0.3 is 15.2 Å². The first-order valence-electron chi connectivity index (χ1n) is 5.33. The standard InChI is InChI=1S/C12H17NO2/c1-9-3-2-4-11(12(9)13)15-8-10-5-6-14-7-10/h2-4,10H,5-8,13H2,1H3. The molecule has 2 N–H and O–H groups in total. The van der Waals surface area contributed by atoms with Gasteiger partial charge in [0.1, 0.15) is 5.75 Å². The van der Waals surface area contributed by atoms with Gasteiger partial charge in [-0.15, -0.1) is 0 Å². The molecule has 1 fully saturated rings. The van der Waals surface area contributed by atoms with Gasteiger partial charge in [0, 0.05) is 12.5 Å². The first kappa shape index (κ1) is 10.3. The van der Waals surface area contributed by atoms with Crippen LogP contribution in [0.3, 0.4) is 0 Å². The fourth-order valence-electron chi connectivity index (χ4n) is 1.70. The summed E-state index contributed by atoms with van der Waals surface area (Å²) in [5.41, 5.74) is 7.72. The van der Waals surface area contributed by atoms with Gasteiger partial charge in [-0.3, -0.25) is 0 Å². The van der Waals surface area contributed by atoms with Crippen molar-refractivity contribution in [1.82, 2.24) is 0 Å². The highest BCUT2D eigenvalue weighted by molar-refractivity contribution is 5.57. The van der Waals surface area contributed by atoms with E-state index in [0.29, 0.717) is 12.5 Å². The van der Waals surface area contributed by atoms with Crippen LogP contribution in [0.25, 0.3) is 0 Å². The predicted molar refractivity (Wildman–Crippen MR) is 60.0 cm³/mol. The molecule has 15 heavy (non-hydrogen) atoms. The molecule has 0 aliphatic carbocycles. The molecule has 0 aromatic heterocycles. The van der Waals surface area contributed by atoms with E-state index in [0.717, 1.165) is 36.6 Å². The van der Waals surface area contributed by atoms with Gasteiger partial charge in [-0.1, -0.05) is 12.1 Å². The van der Waals surface area contributed by atoms with Crippen molar-refractivity contribution in [3.8, 4) is 5.75 Å². The molecular weight excluding hydrogens is 190 g/mol. The van der Waals surface area contributed by atoms with Crippen LogP contribution in [0, 0.1) is 12.8 Å². The number of anilines is 1. The number of nitrogens with two attached hydrogens (primary N) is 1. The van der Waals surface area contributed by atoms with Crippen molar-refractivity contribution >= 4 is 5.69 Å².